The van der Waals surface area contributed by atoms with Gasteiger partial charge in [-0.2, -0.15) is 0 Å². The molecular formula is C18H25N5O3S. The fraction of sp³-hybridized carbons (Fsp3) is 0.389. The van der Waals surface area contributed by atoms with Gasteiger partial charge in [-0.05, 0) is 36.5 Å². The van der Waals surface area contributed by atoms with Crippen LogP contribution in [0.3, 0.4) is 0 Å². The summed E-state index contributed by atoms with van der Waals surface area (Å²) < 4.78 is 22.5. The molecule has 146 valence electrons. The smallest absolute Gasteiger partial charge is 0.271 e. The molecule has 1 aromatic carbocycles. The Hall–Kier alpha value is -2.52. The molecule has 27 heavy (non-hydrogen) atoms. The molecule has 1 heterocycles. The van der Waals surface area contributed by atoms with Gasteiger partial charge >= 0.3 is 0 Å². The Morgan fingerprint density at radius 1 is 1.11 bits per heavy atom. The van der Waals surface area contributed by atoms with Gasteiger partial charge < -0.3 is 10.6 Å². The van der Waals surface area contributed by atoms with Gasteiger partial charge in [0.05, 0.1) is 17.3 Å². The predicted octanol–water partition coefficient (Wildman–Crippen LogP) is 1.55. The molecule has 0 unspecified atom stereocenters. The lowest BCUT2D eigenvalue weighted by Gasteiger charge is -2.08. The van der Waals surface area contributed by atoms with E-state index >= 15 is 0 Å². The molecule has 0 aliphatic rings. The molecule has 0 aliphatic carbocycles. The molecule has 0 fully saturated rings. The Morgan fingerprint density at radius 2 is 1.81 bits per heavy atom. The molecule has 0 atom stereocenters. The molecular weight excluding hydrogens is 366 g/mol. The highest BCUT2D eigenvalue weighted by atomic mass is 32.2. The third-order valence-corrected chi connectivity index (χ3v) is 4.79. The monoisotopic (exact) mass is 391 g/mol. The number of nitrogens with two attached hydrogens (primary N) is 1. The summed E-state index contributed by atoms with van der Waals surface area (Å²) in [4.78, 5) is 20.4. The number of hydrogen-bond donors (Lipinski definition) is 3. The zero-order valence-corrected chi connectivity index (χ0v) is 16.3. The first-order valence-corrected chi connectivity index (χ1v) is 10.3. The number of benzene rings is 1. The third-order valence-electron chi connectivity index (χ3n) is 3.86. The van der Waals surface area contributed by atoms with Crippen LogP contribution in [0.2, 0.25) is 0 Å². The van der Waals surface area contributed by atoms with E-state index in [0.717, 1.165) is 12.0 Å². The number of nitrogens with zero attached hydrogens (tertiary/aromatic N) is 2. The maximum absolute atomic E-state index is 11.9. The molecule has 1 aromatic heterocycles. The van der Waals surface area contributed by atoms with Crippen LogP contribution >= 0.6 is 0 Å². The zero-order chi connectivity index (χ0) is 19.9. The minimum atomic E-state index is -3.67. The summed E-state index contributed by atoms with van der Waals surface area (Å²) in [6.07, 6.45) is 4.54. The van der Waals surface area contributed by atoms with E-state index < -0.39 is 10.0 Å². The van der Waals surface area contributed by atoms with Crippen LogP contribution in [0.5, 0.6) is 0 Å². The molecule has 9 heteroatoms. The van der Waals surface area contributed by atoms with Crippen molar-refractivity contribution >= 4 is 21.7 Å². The third kappa shape index (κ3) is 6.95. The summed E-state index contributed by atoms with van der Waals surface area (Å²) in [7, 11) is -3.67. The van der Waals surface area contributed by atoms with Gasteiger partial charge in [0.2, 0.25) is 10.0 Å². The van der Waals surface area contributed by atoms with Gasteiger partial charge in [-0.15, -0.1) is 0 Å². The van der Waals surface area contributed by atoms with Gasteiger partial charge in [-0.3, -0.25) is 4.79 Å². The van der Waals surface area contributed by atoms with E-state index in [2.05, 4.69) is 34.4 Å². The highest BCUT2D eigenvalue weighted by molar-refractivity contribution is 7.89. The first-order valence-electron chi connectivity index (χ1n) is 8.71. The van der Waals surface area contributed by atoms with Crippen molar-refractivity contribution in [2.24, 2.45) is 11.1 Å². The number of aromatic nitrogens is 2. The summed E-state index contributed by atoms with van der Waals surface area (Å²) >= 11 is 0. The highest BCUT2D eigenvalue weighted by Crippen LogP contribution is 2.10. The summed E-state index contributed by atoms with van der Waals surface area (Å²) in [5, 5.41) is 11.0. The topological polar surface area (TPSA) is 127 Å². The quantitative estimate of drug-likeness (QED) is 0.595. The van der Waals surface area contributed by atoms with Crippen LogP contribution in [0.1, 0.15) is 36.3 Å². The molecule has 2 aromatic rings. The fourth-order valence-electron chi connectivity index (χ4n) is 2.28. The number of nitrogens with one attached hydrogen (secondary N) is 2. The summed E-state index contributed by atoms with van der Waals surface area (Å²) in [5.41, 5.74) is 1.24. The van der Waals surface area contributed by atoms with E-state index in [-0.39, 0.29) is 16.5 Å². The molecule has 0 aliphatic heterocycles. The van der Waals surface area contributed by atoms with E-state index in [0.29, 0.717) is 31.2 Å². The second-order valence-electron chi connectivity index (χ2n) is 6.59. The number of amides is 1. The van der Waals surface area contributed by atoms with E-state index in [4.69, 9.17) is 5.14 Å². The van der Waals surface area contributed by atoms with Gasteiger partial charge in [0.25, 0.3) is 5.91 Å². The Morgan fingerprint density at radius 3 is 2.37 bits per heavy atom. The molecule has 0 spiro atoms. The largest absolute Gasteiger partial charge is 0.368 e. The van der Waals surface area contributed by atoms with Crippen molar-refractivity contribution in [3.05, 3.63) is 47.9 Å². The van der Waals surface area contributed by atoms with Gasteiger partial charge in [0, 0.05) is 13.1 Å². The second-order valence-corrected chi connectivity index (χ2v) is 8.15. The Balaban J connectivity index is 1.80. The van der Waals surface area contributed by atoms with Crippen LogP contribution in [-0.4, -0.2) is 37.4 Å². The average Bonchev–Trinajstić information content (AvgIpc) is 2.61. The highest BCUT2D eigenvalue weighted by Gasteiger charge is 2.08. The number of carbonyl (C=O) groups is 1. The number of carbonyl (C=O) groups excluding carboxylic acids is 1. The van der Waals surface area contributed by atoms with Crippen molar-refractivity contribution in [2.75, 3.05) is 18.4 Å². The first-order chi connectivity index (χ1) is 12.8. The summed E-state index contributed by atoms with van der Waals surface area (Å²) in [6.45, 7) is 5.40. The van der Waals surface area contributed by atoms with Crippen LogP contribution in [0.4, 0.5) is 5.82 Å². The Labute approximate surface area is 159 Å². The molecule has 2 rings (SSSR count). The van der Waals surface area contributed by atoms with E-state index in [1.54, 1.807) is 12.1 Å². The first kappa shape index (κ1) is 20.8. The number of sulfonamides is 1. The lowest BCUT2D eigenvalue weighted by Crippen LogP contribution is -2.26. The van der Waals surface area contributed by atoms with Crippen LogP contribution < -0.4 is 15.8 Å². The van der Waals surface area contributed by atoms with Crippen molar-refractivity contribution in [3.8, 4) is 0 Å². The van der Waals surface area contributed by atoms with E-state index in [1.807, 2.05) is 0 Å². The molecule has 1 amide bonds. The zero-order valence-electron chi connectivity index (χ0n) is 15.5. The van der Waals surface area contributed by atoms with Gasteiger partial charge in [0.1, 0.15) is 11.5 Å². The molecule has 8 nitrogen and oxygen atoms in total. The van der Waals surface area contributed by atoms with Gasteiger partial charge in [-0.25, -0.2) is 23.5 Å². The SMILES string of the molecule is CC(C)CCNC(=O)c1cnc(NCCc2ccc(S(N)(=O)=O)cc2)cn1. The van der Waals surface area contributed by atoms with Crippen LogP contribution in [0.15, 0.2) is 41.6 Å². The molecule has 0 bridgehead atoms. The summed E-state index contributed by atoms with van der Waals surface area (Å²) in [5.74, 6) is 0.860. The average molecular weight is 391 g/mol. The molecule has 0 saturated heterocycles. The summed E-state index contributed by atoms with van der Waals surface area (Å²) in [6, 6.07) is 6.41. The van der Waals surface area contributed by atoms with Crippen molar-refractivity contribution in [2.45, 2.75) is 31.6 Å². The normalized spacial score (nSPS) is 11.4. The minimum Gasteiger partial charge on any atom is -0.368 e. The maximum Gasteiger partial charge on any atom is 0.271 e. The van der Waals surface area contributed by atoms with Gasteiger partial charge in [-0.1, -0.05) is 26.0 Å². The van der Waals surface area contributed by atoms with Crippen molar-refractivity contribution < 1.29 is 13.2 Å². The predicted molar refractivity (Wildman–Crippen MR) is 104 cm³/mol. The van der Waals surface area contributed by atoms with E-state index in [9.17, 15) is 13.2 Å². The Bertz CT molecular complexity index is 850. The second kappa shape index (κ2) is 9.43. The number of rotatable bonds is 9. The molecule has 4 N–H and O–H groups in total. The Kier molecular flexibility index (Phi) is 7.26. The molecule has 0 radical (unpaired) electrons. The van der Waals surface area contributed by atoms with Crippen molar-refractivity contribution in [1.29, 1.82) is 0 Å². The van der Waals surface area contributed by atoms with Crippen LogP contribution in [-0.2, 0) is 16.4 Å². The van der Waals surface area contributed by atoms with Crippen LogP contribution in [0, 0.1) is 5.92 Å². The van der Waals surface area contributed by atoms with Gasteiger partial charge in [0.15, 0.2) is 0 Å². The number of anilines is 1. The molecule has 0 saturated carbocycles. The van der Waals surface area contributed by atoms with Crippen molar-refractivity contribution in [1.82, 2.24) is 15.3 Å². The van der Waals surface area contributed by atoms with Crippen molar-refractivity contribution in [3.63, 3.8) is 0 Å². The standard InChI is InChI=1S/C18H25N5O3S/c1-13(2)7-9-21-18(24)16-11-23-17(12-22-16)20-10-8-14-3-5-15(6-4-14)27(19,25)26/h3-6,11-13H,7-10H2,1-2H3,(H,20,23)(H,21,24)(H2,19,25,26). The van der Waals surface area contributed by atoms with E-state index in [1.165, 1.54) is 24.5 Å². The lowest BCUT2D eigenvalue weighted by atomic mass is 10.1. The fourth-order valence-corrected chi connectivity index (χ4v) is 2.80. The maximum atomic E-state index is 11.9. The number of primary sulfonamides is 1. The van der Waals surface area contributed by atoms with Crippen LogP contribution in [0.25, 0.3) is 0 Å². The minimum absolute atomic E-state index is 0.0901. The number of hydrogen-bond acceptors (Lipinski definition) is 6. The lowest BCUT2D eigenvalue weighted by molar-refractivity contribution is 0.0946.